The van der Waals surface area contributed by atoms with Crippen LogP contribution in [0.15, 0.2) is 53.7 Å². The molecule has 2 aromatic rings. The zero-order valence-electron chi connectivity index (χ0n) is 13.4. The van der Waals surface area contributed by atoms with Crippen molar-refractivity contribution in [3.63, 3.8) is 0 Å². The number of oxime groups is 1. The summed E-state index contributed by atoms with van der Waals surface area (Å²) >= 11 is 6.07. The van der Waals surface area contributed by atoms with E-state index < -0.39 is 0 Å². The first-order valence-corrected chi connectivity index (χ1v) is 8.09. The quantitative estimate of drug-likeness (QED) is 0.618. The van der Waals surface area contributed by atoms with Crippen LogP contribution in [-0.4, -0.2) is 38.6 Å². The molecule has 0 saturated carbocycles. The van der Waals surface area contributed by atoms with Gasteiger partial charge in [0.05, 0.1) is 0 Å². The van der Waals surface area contributed by atoms with E-state index in [0.29, 0.717) is 22.2 Å². The predicted octanol–water partition coefficient (Wildman–Crippen LogP) is 3.12. The topological polar surface area (TPSA) is 52.1 Å². The Morgan fingerprint density at radius 1 is 1.17 bits per heavy atom. The number of hydrogen-bond acceptors (Lipinski definition) is 5. The van der Waals surface area contributed by atoms with Gasteiger partial charge in [0.25, 0.3) is 0 Å². The van der Waals surface area contributed by atoms with Gasteiger partial charge in [0, 0.05) is 29.7 Å². The summed E-state index contributed by atoms with van der Waals surface area (Å²) in [6, 6.07) is 15.1. The van der Waals surface area contributed by atoms with Gasteiger partial charge in [-0.2, -0.15) is 0 Å². The van der Waals surface area contributed by atoms with Gasteiger partial charge in [-0.05, 0) is 12.1 Å². The van der Waals surface area contributed by atoms with Gasteiger partial charge < -0.3 is 19.6 Å². The van der Waals surface area contributed by atoms with E-state index >= 15 is 0 Å². The molecule has 0 spiro atoms. The Labute approximate surface area is 146 Å². The van der Waals surface area contributed by atoms with Gasteiger partial charge >= 0.3 is 0 Å². The molecule has 1 N–H and O–H groups in total. The van der Waals surface area contributed by atoms with Crippen molar-refractivity contribution < 1.29 is 14.3 Å². The molecule has 0 amide bonds. The van der Waals surface area contributed by atoms with Crippen molar-refractivity contribution in [1.82, 2.24) is 5.32 Å². The summed E-state index contributed by atoms with van der Waals surface area (Å²) in [6.07, 6.45) is 0.145. The molecule has 6 heteroatoms. The molecule has 0 aromatic heterocycles. The monoisotopic (exact) mass is 346 g/mol. The highest BCUT2D eigenvalue weighted by molar-refractivity contribution is 6.30. The van der Waals surface area contributed by atoms with Crippen molar-refractivity contribution in [2.75, 3.05) is 26.8 Å². The lowest BCUT2D eigenvalue weighted by Crippen LogP contribution is -2.50. The van der Waals surface area contributed by atoms with E-state index in [2.05, 4.69) is 10.5 Å². The molecule has 1 fully saturated rings. The van der Waals surface area contributed by atoms with Gasteiger partial charge in [-0.1, -0.05) is 47.1 Å². The second kappa shape index (κ2) is 8.04. The average Bonchev–Trinajstić information content (AvgIpc) is 2.57. The van der Waals surface area contributed by atoms with Crippen LogP contribution in [0, 0.1) is 0 Å². The van der Waals surface area contributed by atoms with Crippen molar-refractivity contribution in [3.05, 3.63) is 59.1 Å². The molecule has 3 rings (SSSR count). The summed E-state index contributed by atoms with van der Waals surface area (Å²) in [4.78, 5) is 4.93. The van der Waals surface area contributed by atoms with Crippen LogP contribution in [0.3, 0.4) is 0 Å². The molecule has 0 bridgehead atoms. The molecule has 24 heavy (non-hydrogen) atoms. The maximum absolute atomic E-state index is 6.07. The summed E-state index contributed by atoms with van der Waals surface area (Å²) < 4.78 is 11.8. The van der Waals surface area contributed by atoms with Crippen molar-refractivity contribution in [1.29, 1.82) is 0 Å². The lowest BCUT2D eigenvalue weighted by molar-refractivity contribution is 0.136. The van der Waals surface area contributed by atoms with Crippen LogP contribution in [-0.2, 0) is 4.84 Å². The van der Waals surface area contributed by atoms with Gasteiger partial charge in [0.1, 0.15) is 25.5 Å². The molecule has 0 unspecified atom stereocenters. The largest absolute Gasteiger partial charge is 0.484 e. The van der Waals surface area contributed by atoms with E-state index in [1.54, 1.807) is 18.2 Å². The Hall–Kier alpha value is -2.24. The third kappa shape index (κ3) is 4.19. The van der Waals surface area contributed by atoms with Crippen molar-refractivity contribution >= 4 is 17.3 Å². The van der Waals surface area contributed by atoms with Crippen LogP contribution < -0.4 is 14.8 Å². The van der Waals surface area contributed by atoms with Crippen LogP contribution in [0.2, 0.25) is 5.02 Å². The molecule has 0 aliphatic carbocycles. The van der Waals surface area contributed by atoms with E-state index in [0.717, 1.165) is 18.7 Å². The van der Waals surface area contributed by atoms with E-state index in [1.807, 2.05) is 30.3 Å². The molecule has 1 aliphatic heterocycles. The van der Waals surface area contributed by atoms with Gasteiger partial charge in [-0.15, -0.1) is 0 Å². The average molecular weight is 347 g/mol. The van der Waals surface area contributed by atoms with Gasteiger partial charge in [-0.25, -0.2) is 0 Å². The highest BCUT2D eigenvalue weighted by atomic mass is 35.5. The van der Waals surface area contributed by atoms with Crippen LogP contribution in [0.5, 0.6) is 11.5 Å². The number of ether oxygens (including phenoxy) is 2. The lowest BCUT2D eigenvalue weighted by atomic mass is 10.1. The van der Waals surface area contributed by atoms with Gasteiger partial charge in [0.2, 0.25) is 0 Å². The Kier molecular flexibility index (Phi) is 5.56. The van der Waals surface area contributed by atoms with E-state index in [-0.39, 0.29) is 12.7 Å². The third-order valence-corrected chi connectivity index (χ3v) is 3.85. The summed E-state index contributed by atoms with van der Waals surface area (Å²) in [5.74, 6) is 1.27. The minimum atomic E-state index is 0.145. The standard InChI is InChI=1S/C18H19ClN2O3/c1-22-21-16(13-5-3-2-4-6-13)12-23-17-8-7-14(19)9-18(17)24-15-10-20-11-15/h2-9,15,20H,10-12H2,1H3/b21-16+. The molecule has 2 aromatic carbocycles. The molecule has 1 heterocycles. The van der Waals surface area contributed by atoms with Crippen LogP contribution in [0.25, 0.3) is 0 Å². The summed E-state index contributed by atoms with van der Waals surface area (Å²) in [5, 5.41) is 7.84. The molecule has 1 saturated heterocycles. The van der Waals surface area contributed by atoms with E-state index in [1.165, 1.54) is 7.11 Å². The fourth-order valence-electron chi connectivity index (χ4n) is 2.27. The number of benzene rings is 2. The zero-order valence-corrected chi connectivity index (χ0v) is 14.1. The summed E-state index contributed by atoms with van der Waals surface area (Å²) in [6.45, 7) is 1.91. The number of hydrogen-bond donors (Lipinski definition) is 1. The first-order valence-electron chi connectivity index (χ1n) is 7.71. The van der Waals surface area contributed by atoms with Crippen LogP contribution >= 0.6 is 11.6 Å². The molecule has 1 aliphatic rings. The highest BCUT2D eigenvalue weighted by Gasteiger charge is 2.20. The van der Waals surface area contributed by atoms with Crippen LogP contribution in [0.1, 0.15) is 5.56 Å². The lowest BCUT2D eigenvalue weighted by Gasteiger charge is -2.28. The number of nitrogens with one attached hydrogen (secondary N) is 1. The second-order valence-corrected chi connectivity index (χ2v) is 5.80. The Morgan fingerprint density at radius 2 is 1.96 bits per heavy atom. The molecular formula is C18H19ClN2O3. The molecule has 5 nitrogen and oxygen atoms in total. The zero-order chi connectivity index (χ0) is 16.8. The smallest absolute Gasteiger partial charge is 0.163 e. The number of rotatable bonds is 7. The summed E-state index contributed by atoms with van der Waals surface area (Å²) in [7, 11) is 1.52. The number of nitrogens with zero attached hydrogens (tertiary/aromatic N) is 1. The van der Waals surface area contributed by atoms with Crippen molar-refractivity contribution in [3.8, 4) is 11.5 Å². The maximum atomic E-state index is 6.07. The van der Waals surface area contributed by atoms with Gasteiger partial charge in [0.15, 0.2) is 11.5 Å². The molecule has 126 valence electrons. The Bertz CT molecular complexity index is 703. The first-order chi connectivity index (χ1) is 11.8. The SMILES string of the molecule is CO/N=C(\COc1ccc(Cl)cc1OC1CNC1)c1ccccc1. The molecule has 0 atom stereocenters. The predicted molar refractivity (Wildman–Crippen MR) is 94.2 cm³/mol. The highest BCUT2D eigenvalue weighted by Crippen LogP contribution is 2.31. The van der Waals surface area contributed by atoms with E-state index in [9.17, 15) is 0 Å². The normalized spacial score (nSPS) is 14.8. The van der Waals surface area contributed by atoms with E-state index in [4.69, 9.17) is 25.9 Å². The van der Waals surface area contributed by atoms with Gasteiger partial charge in [-0.3, -0.25) is 0 Å². The first kappa shape index (κ1) is 16.6. The van der Waals surface area contributed by atoms with Crippen LogP contribution in [0.4, 0.5) is 0 Å². The minimum absolute atomic E-state index is 0.145. The minimum Gasteiger partial charge on any atom is -0.484 e. The van der Waals surface area contributed by atoms with Crippen molar-refractivity contribution in [2.45, 2.75) is 6.10 Å². The third-order valence-electron chi connectivity index (χ3n) is 3.62. The fourth-order valence-corrected chi connectivity index (χ4v) is 2.43. The maximum Gasteiger partial charge on any atom is 0.163 e. The summed E-state index contributed by atoms with van der Waals surface area (Å²) in [5.41, 5.74) is 1.64. The molecular weight excluding hydrogens is 328 g/mol. The fraction of sp³-hybridized carbons (Fsp3) is 0.278. The second-order valence-electron chi connectivity index (χ2n) is 5.36. The Balaban J connectivity index is 1.73. The van der Waals surface area contributed by atoms with Crippen molar-refractivity contribution in [2.24, 2.45) is 5.16 Å². The Morgan fingerprint density at radius 3 is 2.62 bits per heavy atom. The molecule has 0 radical (unpaired) electrons. The number of halogens is 1.